The number of likely N-dealkylation sites (tertiary alicyclic amines) is 2. The van der Waals surface area contributed by atoms with Crippen LogP contribution < -0.4 is 0 Å². The maximum absolute atomic E-state index is 10.8. The van der Waals surface area contributed by atoms with Gasteiger partial charge < -0.3 is 14.9 Å². The Morgan fingerprint density at radius 2 is 1.53 bits per heavy atom. The Balaban J connectivity index is 2.08. The van der Waals surface area contributed by atoms with Crippen molar-refractivity contribution in [2.45, 2.75) is 6.42 Å². The largest absolute Gasteiger partial charge is 0.481 e. The molecule has 2 aliphatic heterocycles. The first-order valence-electron chi connectivity index (χ1n) is 5.65. The van der Waals surface area contributed by atoms with Crippen molar-refractivity contribution in [2.24, 2.45) is 17.8 Å². The van der Waals surface area contributed by atoms with E-state index in [-0.39, 0.29) is 0 Å². The molecule has 0 atom stereocenters. The molecule has 2 bridgehead atoms. The molecule has 0 saturated carbocycles. The van der Waals surface area contributed by atoms with Crippen molar-refractivity contribution in [3.63, 3.8) is 0 Å². The van der Waals surface area contributed by atoms with Crippen molar-refractivity contribution in [1.82, 2.24) is 9.80 Å². The van der Waals surface area contributed by atoms with E-state index in [4.69, 9.17) is 5.11 Å². The van der Waals surface area contributed by atoms with Crippen LogP contribution in [0, 0.1) is 17.8 Å². The smallest absolute Gasteiger partial charge is 0.303 e. The average Bonchev–Trinajstić information content (AvgIpc) is 2.06. The number of rotatable bonds is 2. The molecule has 0 radical (unpaired) electrons. The SMILES string of the molecule is CN1CC2CN(C)CC(C1)C2CC(=O)O. The summed E-state index contributed by atoms with van der Waals surface area (Å²) in [5.74, 6) is 0.853. The highest BCUT2D eigenvalue weighted by Gasteiger charge is 2.40. The summed E-state index contributed by atoms with van der Waals surface area (Å²) < 4.78 is 0. The standard InChI is InChI=1S/C11H20N2O2/c1-12-4-8-6-13(2)7-9(5-12)10(8)3-11(14)15/h8-10H,3-7H2,1-2H3,(H,14,15). The minimum atomic E-state index is -0.635. The van der Waals surface area contributed by atoms with Crippen molar-refractivity contribution in [3.05, 3.63) is 0 Å². The number of nitrogens with zero attached hydrogens (tertiary/aromatic N) is 2. The van der Waals surface area contributed by atoms with Crippen LogP contribution in [-0.4, -0.2) is 61.2 Å². The summed E-state index contributed by atoms with van der Waals surface area (Å²) in [5.41, 5.74) is 0. The van der Waals surface area contributed by atoms with Crippen LogP contribution >= 0.6 is 0 Å². The number of carbonyl (C=O) groups is 1. The van der Waals surface area contributed by atoms with Gasteiger partial charge in [-0.25, -0.2) is 0 Å². The van der Waals surface area contributed by atoms with E-state index in [2.05, 4.69) is 23.9 Å². The average molecular weight is 212 g/mol. The van der Waals surface area contributed by atoms with E-state index in [9.17, 15) is 4.79 Å². The summed E-state index contributed by atoms with van der Waals surface area (Å²) in [6.45, 7) is 4.22. The van der Waals surface area contributed by atoms with Crippen LogP contribution in [-0.2, 0) is 4.79 Å². The fourth-order valence-corrected chi connectivity index (χ4v) is 3.33. The Labute approximate surface area is 90.9 Å². The van der Waals surface area contributed by atoms with E-state index in [1.807, 2.05) is 0 Å². The Bertz CT molecular complexity index is 227. The Morgan fingerprint density at radius 3 is 1.87 bits per heavy atom. The summed E-state index contributed by atoms with van der Waals surface area (Å²) in [7, 11) is 4.28. The second-order valence-electron chi connectivity index (χ2n) is 5.22. The van der Waals surface area contributed by atoms with Crippen LogP contribution in [0.1, 0.15) is 6.42 Å². The molecule has 0 unspecified atom stereocenters. The van der Waals surface area contributed by atoms with Gasteiger partial charge >= 0.3 is 5.97 Å². The number of carboxylic acids is 1. The van der Waals surface area contributed by atoms with Gasteiger partial charge in [-0.2, -0.15) is 0 Å². The second kappa shape index (κ2) is 4.10. The molecular weight excluding hydrogens is 192 g/mol. The predicted octanol–water partition coefficient (Wildman–Crippen LogP) is 0.201. The Kier molecular flexibility index (Phi) is 2.98. The topological polar surface area (TPSA) is 43.8 Å². The lowest BCUT2D eigenvalue weighted by molar-refractivity contribution is -0.141. The third kappa shape index (κ3) is 2.32. The number of carboxylic acid groups (broad SMARTS) is 1. The van der Waals surface area contributed by atoms with Crippen molar-refractivity contribution < 1.29 is 9.90 Å². The fourth-order valence-electron chi connectivity index (χ4n) is 3.33. The van der Waals surface area contributed by atoms with E-state index in [1.54, 1.807) is 0 Å². The highest BCUT2D eigenvalue weighted by atomic mass is 16.4. The summed E-state index contributed by atoms with van der Waals surface area (Å²) in [4.78, 5) is 15.5. The van der Waals surface area contributed by atoms with Gasteiger partial charge in [-0.15, -0.1) is 0 Å². The molecule has 2 fully saturated rings. The minimum Gasteiger partial charge on any atom is -0.481 e. The first-order chi connectivity index (χ1) is 7.06. The first kappa shape index (κ1) is 10.9. The summed E-state index contributed by atoms with van der Waals surface area (Å²) in [5, 5.41) is 8.93. The van der Waals surface area contributed by atoms with Crippen LogP contribution in [0.25, 0.3) is 0 Å². The van der Waals surface area contributed by atoms with E-state index in [0.717, 1.165) is 26.2 Å². The van der Waals surface area contributed by atoms with Crippen LogP contribution in [0.5, 0.6) is 0 Å². The zero-order chi connectivity index (χ0) is 11.0. The Hall–Kier alpha value is -0.610. The fraction of sp³-hybridized carbons (Fsp3) is 0.909. The molecule has 2 saturated heterocycles. The van der Waals surface area contributed by atoms with Gasteiger partial charge in [-0.3, -0.25) is 4.79 Å². The summed E-state index contributed by atoms with van der Waals surface area (Å²) in [6, 6.07) is 0. The van der Waals surface area contributed by atoms with Crippen molar-refractivity contribution >= 4 is 5.97 Å². The molecule has 4 nitrogen and oxygen atoms in total. The first-order valence-corrected chi connectivity index (χ1v) is 5.65. The lowest BCUT2D eigenvalue weighted by Crippen LogP contribution is -2.56. The second-order valence-corrected chi connectivity index (χ2v) is 5.22. The van der Waals surface area contributed by atoms with Gasteiger partial charge in [0.1, 0.15) is 0 Å². The molecular formula is C11H20N2O2. The molecule has 0 amide bonds. The van der Waals surface area contributed by atoms with Gasteiger partial charge in [0.2, 0.25) is 0 Å². The monoisotopic (exact) mass is 212 g/mol. The maximum atomic E-state index is 10.8. The molecule has 2 heterocycles. The predicted molar refractivity (Wildman–Crippen MR) is 57.7 cm³/mol. The van der Waals surface area contributed by atoms with Crippen LogP contribution in [0.2, 0.25) is 0 Å². The third-order valence-electron chi connectivity index (χ3n) is 3.81. The zero-order valence-corrected chi connectivity index (χ0v) is 9.52. The number of aliphatic carboxylic acids is 1. The maximum Gasteiger partial charge on any atom is 0.303 e. The normalized spacial score (nSPS) is 37.9. The lowest BCUT2D eigenvalue weighted by Gasteiger charge is -2.49. The van der Waals surface area contributed by atoms with Crippen LogP contribution in [0.4, 0.5) is 0 Å². The summed E-state index contributed by atoms with van der Waals surface area (Å²) in [6.07, 6.45) is 0.358. The van der Waals surface area contributed by atoms with E-state index < -0.39 is 5.97 Å². The Morgan fingerprint density at radius 1 is 1.13 bits per heavy atom. The third-order valence-corrected chi connectivity index (χ3v) is 3.81. The van der Waals surface area contributed by atoms with Gasteiger partial charge in [0.05, 0.1) is 0 Å². The molecule has 15 heavy (non-hydrogen) atoms. The van der Waals surface area contributed by atoms with E-state index >= 15 is 0 Å². The molecule has 0 aromatic heterocycles. The molecule has 2 aliphatic rings. The van der Waals surface area contributed by atoms with Crippen molar-refractivity contribution in [3.8, 4) is 0 Å². The number of fused-ring (bicyclic) bond motifs is 2. The number of piperidine rings is 2. The van der Waals surface area contributed by atoms with Crippen molar-refractivity contribution in [1.29, 1.82) is 0 Å². The van der Waals surface area contributed by atoms with Gasteiger partial charge in [0.25, 0.3) is 0 Å². The molecule has 2 rings (SSSR count). The number of hydrogen-bond donors (Lipinski definition) is 1. The minimum absolute atomic E-state index is 0.358. The van der Waals surface area contributed by atoms with Gasteiger partial charge in [-0.05, 0) is 31.8 Å². The zero-order valence-electron chi connectivity index (χ0n) is 9.52. The molecule has 0 aliphatic carbocycles. The molecule has 0 aromatic carbocycles. The van der Waals surface area contributed by atoms with Gasteiger partial charge in [-0.1, -0.05) is 0 Å². The quantitative estimate of drug-likeness (QED) is 0.710. The van der Waals surface area contributed by atoms with E-state index in [0.29, 0.717) is 24.2 Å². The van der Waals surface area contributed by atoms with Crippen LogP contribution in [0.3, 0.4) is 0 Å². The molecule has 86 valence electrons. The highest BCUT2D eigenvalue weighted by Crippen LogP contribution is 2.35. The molecule has 0 aromatic rings. The summed E-state index contributed by atoms with van der Waals surface area (Å²) >= 11 is 0. The van der Waals surface area contributed by atoms with Gasteiger partial charge in [0, 0.05) is 32.6 Å². The lowest BCUT2D eigenvalue weighted by atomic mass is 9.73. The molecule has 4 heteroatoms. The van der Waals surface area contributed by atoms with E-state index in [1.165, 1.54) is 0 Å². The van der Waals surface area contributed by atoms with Gasteiger partial charge in [0.15, 0.2) is 0 Å². The highest BCUT2D eigenvalue weighted by molar-refractivity contribution is 5.67. The number of hydrogen-bond acceptors (Lipinski definition) is 3. The molecule has 1 N–H and O–H groups in total. The van der Waals surface area contributed by atoms with Crippen molar-refractivity contribution in [2.75, 3.05) is 40.3 Å². The molecule has 0 spiro atoms. The van der Waals surface area contributed by atoms with Crippen LogP contribution in [0.15, 0.2) is 0 Å².